The van der Waals surface area contributed by atoms with Crippen LogP contribution in [0.2, 0.25) is 0 Å². The topological polar surface area (TPSA) is 61.2 Å². The maximum absolute atomic E-state index is 13.4. The van der Waals surface area contributed by atoms with Crippen LogP contribution in [0.3, 0.4) is 0 Å². The van der Waals surface area contributed by atoms with Crippen LogP contribution in [0.1, 0.15) is 16.1 Å². The summed E-state index contributed by atoms with van der Waals surface area (Å²) in [4.78, 5) is 12.0. The van der Waals surface area contributed by atoms with Crippen molar-refractivity contribution in [1.29, 1.82) is 0 Å². The lowest BCUT2D eigenvalue weighted by atomic mass is 10.1. The number of carbonyl (C=O) groups is 1. The molecule has 0 bridgehead atoms. The summed E-state index contributed by atoms with van der Waals surface area (Å²) in [6, 6.07) is 7.66. The quantitative estimate of drug-likeness (QED) is 0.613. The standard InChI is InChI=1S/C14H14F3N2O3P/c1-23(2,21)22-9-12(20)11-8-18-19(13(11)14(15,16)17)10-6-4-3-5-7-10/h3-8H,9H2,1-2H3. The Morgan fingerprint density at radius 1 is 1.26 bits per heavy atom. The first-order chi connectivity index (χ1) is 10.6. The average molecular weight is 346 g/mol. The Bertz CT molecular complexity index is 750. The summed E-state index contributed by atoms with van der Waals surface area (Å²) < 4.78 is 57.0. The third-order valence-corrected chi connectivity index (χ3v) is 3.60. The van der Waals surface area contributed by atoms with Crippen molar-refractivity contribution in [2.24, 2.45) is 0 Å². The van der Waals surface area contributed by atoms with Crippen molar-refractivity contribution in [2.75, 3.05) is 19.9 Å². The molecule has 0 saturated carbocycles. The van der Waals surface area contributed by atoms with Gasteiger partial charge in [-0.25, -0.2) is 4.68 Å². The number of alkyl halides is 3. The van der Waals surface area contributed by atoms with Crippen LogP contribution in [0.5, 0.6) is 0 Å². The Morgan fingerprint density at radius 2 is 1.87 bits per heavy atom. The fourth-order valence-corrected chi connectivity index (χ4v) is 2.31. The van der Waals surface area contributed by atoms with Gasteiger partial charge in [0.05, 0.1) is 17.4 Å². The van der Waals surface area contributed by atoms with Crippen molar-refractivity contribution in [3.63, 3.8) is 0 Å². The van der Waals surface area contributed by atoms with Gasteiger partial charge in [0.15, 0.2) is 18.8 Å². The summed E-state index contributed by atoms with van der Waals surface area (Å²) >= 11 is 0. The zero-order chi connectivity index (χ0) is 17.3. The monoisotopic (exact) mass is 346 g/mol. The van der Waals surface area contributed by atoms with Gasteiger partial charge in [0.1, 0.15) is 6.61 Å². The third kappa shape index (κ3) is 4.30. The number of carbonyl (C=O) groups excluding carboxylic acids is 1. The predicted octanol–water partition coefficient (Wildman–Crippen LogP) is 3.63. The largest absolute Gasteiger partial charge is 0.434 e. The number of hydrogen-bond acceptors (Lipinski definition) is 4. The molecule has 5 nitrogen and oxygen atoms in total. The number of Topliss-reactive ketones (excluding diaryl/α,β-unsaturated/α-hetero) is 1. The zero-order valence-corrected chi connectivity index (χ0v) is 13.3. The third-order valence-electron chi connectivity index (χ3n) is 2.85. The zero-order valence-electron chi connectivity index (χ0n) is 12.4. The highest BCUT2D eigenvalue weighted by molar-refractivity contribution is 7.57. The normalized spacial score (nSPS) is 12.4. The maximum Gasteiger partial charge on any atom is 0.434 e. The minimum Gasteiger partial charge on any atom is -0.320 e. The fourth-order valence-electron chi connectivity index (χ4n) is 1.88. The highest BCUT2D eigenvalue weighted by Crippen LogP contribution is 2.38. The molecule has 0 aliphatic carbocycles. The Morgan fingerprint density at radius 3 is 2.39 bits per heavy atom. The van der Waals surface area contributed by atoms with Crippen molar-refractivity contribution < 1.29 is 27.1 Å². The summed E-state index contributed by atoms with van der Waals surface area (Å²) in [7, 11) is -2.98. The molecule has 1 aromatic carbocycles. The molecule has 9 heteroatoms. The van der Waals surface area contributed by atoms with E-state index in [0.717, 1.165) is 6.20 Å². The van der Waals surface area contributed by atoms with Crippen LogP contribution in [0, 0.1) is 0 Å². The molecule has 0 spiro atoms. The van der Waals surface area contributed by atoms with E-state index in [9.17, 15) is 22.5 Å². The lowest BCUT2D eigenvalue weighted by Crippen LogP contribution is -2.19. The van der Waals surface area contributed by atoms with Crippen molar-refractivity contribution in [3.8, 4) is 5.69 Å². The Hall–Kier alpha value is -1.92. The number of aromatic nitrogens is 2. The lowest BCUT2D eigenvalue weighted by molar-refractivity contribution is -0.143. The first-order valence-corrected chi connectivity index (χ1v) is 9.05. The van der Waals surface area contributed by atoms with Crippen LogP contribution in [0.25, 0.3) is 5.69 Å². The number of para-hydroxylation sites is 1. The second-order valence-corrected chi connectivity index (χ2v) is 7.86. The molecule has 0 N–H and O–H groups in total. The second kappa shape index (κ2) is 6.29. The van der Waals surface area contributed by atoms with Gasteiger partial charge < -0.3 is 4.52 Å². The van der Waals surface area contributed by atoms with Gasteiger partial charge in [0.2, 0.25) is 0 Å². The molecule has 23 heavy (non-hydrogen) atoms. The van der Waals surface area contributed by atoms with E-state index in [-0.39, 0.29) is 5.69 Å². The van der Waals surface area contributed by atoms with Crippen molar-refractivity contribution in [2.45, 2.75) is 6.18 Å². The molecular weight excluding hydrogens is 332 g/mol. The fraction of sp³-hybridized carbons (Fsp3) is 0.286. The van der Waals surface area contributed by atoms with E-state index in [4.69, 9.17) is 4.52 Å². The van der Waals surface area contributed by atoms with Gasteiger partial charge in [-0.15, -0.1) is 0 Å². The second-order valence-electron chi connectivity index (χ2n) is 5.10. The van der Waals surface area contributed by atoms with E-state index < -0.39 is 37.2 Å². The molecule has 2 rings (SSSR count). The smallest absolute Gasteiger partial charge is 0.320 e. The number of nitrogens with zero attached hydrogens (tertiary/aromatic N) is 2. The van der Waals surface area contributed by atoms with E-state index in [1.54, 1.807) is 18.2 Å². The van der Waals surface area contributed by atoms with E-state index in [1.807, 2.05) is 0 Å². The average Bonchev–Trinajstić information content (AvgIpc) is 2.90. The molecular formula is C14H14F3N2O3P. The Labute approximate surface area is 130 Å². The van der Waals surface area contributed by atoms with Gasteiger partial charge in [-0.2, -0.15) is 18.3 Å². The van der Waals surface area contributed by atoms with Crippen LogP contribution < -0.4 is 0 Å². The van der Waals surface area contributed by atoms with Crippen molar-refractivity contribution >= 4 is 13.2 Å². The highest BCUT2D eigenvalue weighted by atomic mass is 31.2. The number of benzene rings is 1. The summed E-state index contributed by atoms with van der Waals surface area (Å²) in [5.41, 5.74) is -1.62. The van der Waals surface area contributed by atoms with Gasteiger partial charge in [-0.1, -0.05) is 18.2 Å². The Kier molecular flexibility index (Phi) is 4.77. The van der Waals surface area contributed by atoms with Gasteiger partial charge in [-0.3, -0.25) is 9.36 Å². The van der Waals surface area contributed by atoms with Gasteiger partial charge in [0.25, 0.3) is 0 Å². The van der Waals surface area contributed by atoms with Gasteiger partial charge in [0, 0.05) is 13.3 Å². The predicted molar refractivity (Wildman–Crippen MR) is 78.3 cm³/mol. The van der Waals surface area contributed by atoms with Crippen LogP contribution >= 0.6 is 7.37 Å². The molecule has 2 aromatic rings. The highest BCUT2D eigenvalue weighted by Gasteiger charge is 2.40. The van der Waals surface area contributed by atoms with Crippen LogP contribution in [-0.4, -0.2) is 35.5 Å². The molecule has 1 heterocycles. The molecule has 0 fully saturated rings. The number of rotatable bonds is 5. The maximum atomic E-state index is 13.4. The van der Waals surface area contributed by atoms with Crippen LogP contribution in [0.15, 0.2) is 36.5 Å². The van der Waals surface area contributed by atoms with E-state index in [0.29, 0.717) is 4.68 Å². The Balaban J connectivity index is 2.44. The van der Waals surface area contributed by atoms with Crippen LogP contribution in [0.4, 0.5) is 13.2 Å². The minimum absolute atomic E-state index is 0.177. The molecule has 0 aliphatic rings. The van der Waals surface area contributed by atoms with Gasteiger partial charge >= 0.3 is 6.18 Å². The summed E-state index contributed by atoms with van der Waals surface area (Å²) in [6.45, 7) is 1.85. The van der Waals surface area contributed by atoms with E-state index in [1.165, 1.54) is 25.5 Å². The first-order valence-electron chi connectivity index (χ1n) is 6.53. The van der Waals surface area contributed by atoms with Crippen LogP contribution in [-0.2, 0) is 15.3 Å². The molecule has 0 unspecified atom stereocenters. The molecule has 0 amide bonds. The molecule has 0 radical (unpaired) electrons. The summed E-state index contributed by atoms with van der Waals surface area (Å²) in [5.74, 6) is -0.927. The van der Waals surface area contributed by atoms with E-state index in [2.05, 4.69) is 5.10 Å². The number of ketones is 1. The molecule has 0 aliphatic heterocycles. The number of hydrogen-bond donors (Lipinski definition) is 0. The van der Waals surface area contributed by atoms with Crippen molar-refractivity contribution in [3.05, 3.63) is 47.8 Å². The summed E-state index contributed by atoms with van der Waals surface area (Å²) in [6.07, 6.45) is -3.93. The lowest BCUT2D eigenvalue weighted by Gasteiger charge is -2.13. The van der Waals surface area contributed by atoms with Gasteiger partial charge in [-0.05, 0) is 12.1 Å². The summed E-state index contributed by atoms with van der Waals surface area (Å²) in [5, 5.41) is 3.67. The molecule has 0 atom stereocenters. The molecule has 124 valence electrons. The number of halogens is 3. The molecule has 1 aromatic heterocycles. The SMILES string of the molecule is CP(C)(=O)OCC(=O)c1cnn(-c2ccccc2)c1C(F)(F)F. The van der Waals surface area contributed by atoms with Crippen molar-refractivity contribution in [1.82, 2.24) is 9.78 Å². The first kappa shape index (κ1) is 17.4. The minimum atomic E-state index is -4.78. The van der Waals surface area contributed by atoms with E-state index >= 15 is 0 Å². The molecule has 0 saturated heterocycles.